The Hall–Kier alpha value is -2.36. The summed E-state index contributed by atoms with van der Waals surface area (Å²) >= 11 is 0. The number of benzene rings is 1. The van der Waals surface area contributed by atoms with Gasteiger partial charge in [-0.1, -0.05) is 19.3 Å². The molecule has 1 aliphatic carbocycles. The van der Waals surface area contributed by atoms with Crippen LogP contribution in [0.4, 0.5) is 10.5 Å². The average Bonchev–Trinajstić information content (AvgIpc) is 3.22. The van der Waals surface area contributed by atoms with Crippen LogP contribution in [0.25, 0.3) is 0 Å². The lowest BCUT2D eigenvalue weighted by molar-refractivity contribution is -0.151. The molecule has 2 saturated heterocycles. The third-order valence-corrected chi connectivity index (χ3v) is 7.46. The lowest BCUT2D eigenvalue weighted by atomic mass is 9.84. The predicted molar refractivity (Wildman–Crippen MR) is 125 cm³/mol. The maximum atomic E-state index is 12.8. The van der Waals surface area contributed by atoms with Gasteiger partial charge in [0.15, 0.2) is 0 Å². The summed E-state index contributed by atoms with van der Waals surface area (Å²) in [6.45, 7) is 2.15. The van der Waals surface area contributed by atoms with Crippen molar-refractivity contribution >= 4 is 17.6 Å². The number of morpholine rings is 1. The van der Waals surface area contributed by atoms with Crippen molar-refractivity contribution in [2.75, 3.05) is 38.2 Å². The summed E-state index contributed by atoms with van der Waals surface area (Å²) in [4.78, 5) is 27.1. The van der Waals surface area contributed by atoms with Crippen LogP contribution in [0.1, 0.15) is 56.4 Å². The van der Waals surface area contributed by atoms with Crippen LogP contribution < -0.4 is 15.4 Å². The Morgan fingerprint density at radius 2 is 1.91 bits per heavy atom. The molecule has 34 heavy (non-hydrogen) atoms. The largest absolute Gasteiger partial charge is 0.487 e. The van der Waals surface area contributed by atoms with Gasteiger partial charge in [-0.25, -0.2) is 4.79 Å². The molecule has 3 heterocycles. The van der Waals surface area contributed by atoms with Crippen molar-refractivity contribution in [1.82, 2.24) is 10.2 Å². The van der Waals surface area contributed by atoms with Crippen molar-refractivity contribution in [3.63, 3.8) is 0 Å². The van der Waals surface area contributed by atoms with Crippen LogP contribution in [0.15, 0.2) is 18.2 Å². The molecule has 3 N–H and O–H groups in total. The number of aliphatic hydroxyl groups is 1. The highest BCUT2D eigenvalue weighted by Crippen LogP contribution is 2.47. The monoisotopic (exact) mass is 473 g/mol. The van der Waals surface area contributed by atoms with Gasteiger partial charge in [0.2, 0.25) is 5.91 Å². The minimum absolute atomic E-state index is 0.00783. The van der Waals surface area contributed by atoms with Gasteiger partial charge in [0.1, 0.15) is 18.0 Å². The highest BCUT2D eigenvalue weighted by Gasteiger charge is 2.46. The number of amides is 3. The standard InChI is InChI=1S/C25H35N3O6/c29-15-22-24-20(13-18(33-22)14-23(30)28-8-10-32-11-9-28)19-12-17(6-7-21(19)34-24)27-25(31)26-16-4-2-1-3-5-16/h6-7,12,16,18,20,22,24,29H,1-5,8-11,13-15H2,(H2,26,27,31)/t18-,20-,22-,24+/m1/s1. The zero-order valence-corrected chi connectivity index (χ0v) is 19.5. The minimum atomic E-state index is -0.500. The Bertz CT molecular complexity index is 883. The molecule has 4 atom stereocenters. The molecular formula is C25H35N3O6. The third-order valence-electron chi connectivity index (χ3n) is 7.46. The molecule has 0 bridgehead atoms. The summed E-state index contributed by atoms with van der Waals surface area (Å²) in [5.74, 6) is 0.791. The Morgan fingerprint density at radius 1 is 1.12 bits per heavy atom. The van der Waals surface area contributed by atoms with E-state index in [9.17, 15) is 14.7 Å². The Labute approximate surface area is 200 Å². The number of carbonyl (C=O) groups is 2. The molecule has 9 heteroatoms. The van der Waals surface area contributed by atoms with Crippen molar-refractivity contribution in [3.05, 3.63) is 23.8 Å². The number of carbonyl (C=O) groups excluding carboxylic acids is 2. The van der Waals surface area contributed by atoms with Crippen LogP contribution in [0.3, 0.4) is 0 Å². The number of ether oxygens (including phenoxy) is 3. The first-order valence-electron chi connectivity index (χ1n) is 12.6. The van der Waals surface area contributed by atoms with Gasteiger partial charge >= 0.3 is 6.03 Å². The first-order valence-corrected chi connectivity index (χ1v) is 12.6. The minimum Gasteiger partial charge on any atom is -0.487 e. The Morgan fingerprint density at radius 3 is 2.68 bits per heavy atom. The number of nitrogens with zero attached hydrogens (tertiary/aromatic N) is 1. The maximum absolute atomic E-state index is 12.8. The van der Waals surface area contributed by atoms with Crippen molar-refractivity contribution in [2.24, 2.45) is 0 Å². The number of anilines is 1. The summed E-state index contributed by atoms with van der Waals surface area (Å²) in [5, 5.41) is 16.0. The maximum Gasteiger partial charge on any atom is 0.319 e. The molecule has 5 rings (SSSR count). The smallest absolute Gasteiger partial charge is 0.319 e. The first-order chi connectivity index (χ1) is 16.6. The highest BCUT2D eigenvalue weighted by molar-refractivity contribution is 5.89. The number of rotatable bonds is 5. The Balaban J connectivity index is 1.25. The molecular weight excluding hydrogens is 438 g/mol. The lowest BCUT2D eigenvalue weighted by Gasteiger charge is -2.38. The van der Waals surface area contributed by atoms with Crippen molar-refractivity contribution in [1.29, 1.82) is 0 Å². The number of hydrogen-bond donors (Lipinski definition) is 3. The van der Waals surface area contributed by atoms with Gasteiger partial charge in [0.05, 0.1) is 32.3 Å². The zero-order valence-electron chi connectivity index (χ0n) is 19.5. The second kappa shape index (κ2) is 10.5. The number of aliphatic hydroxyl groups excluding tert-OH is 1. The second-order valence-corrected chi connectivity index (χ2v) is 9.79. The van der Waals surface area contributed by atoms with Crippen LogP contribution in [0, 0.1) is 0 Å². The average molecular weight is 474 g/mol. The summed E-state index contributed by atoms with van der Waals surface area (Å²) in [6, 6.07) is 5.72. The van der Waals surface area contributed by atoms with Crippen molar-refractivity contribution < 1.29 is 28.9 Å². The quantitative estimate of drug-likeness (QED) is 0.606. The third kappa shape index (κ3) is 5.16. The molecule has 3 fully saturated rings. The fourth-order valence-electron chi connectivity index (χ4n) is 5.70. The number of nitrogens with one attached hydrogen (secondary N) is 2. The summed E-state index contributed by atoms with van der Waals surface area (Å²) in [5.41, 5.74) is 1.70. The van der Waals surface area contributed by atoms with E-state index in [1.807, 2.05) is 23.1 Å². The van der Waals surface area contributed by atoms with Crippen molar-refractivity contribution in [3.8, 4) is 5.75 Å². The van der Waals surface area contributed by atoms with E-state index in [1.165, 1.54) is 6.42 Å². The molecule has 186 valence electrons. The van der Waals surface area contributed by atoms with E-state index >= 15 is 0 Å². The lowest BCUT2D eigenvalue weighted by Crippen LogP contribution is -2.48. The SMILES string of the molecule is O=C(Nc1ccc2c(c1)[C@H]1C[C@H](CC(=O)N3CCOCC3)O[C@H](CO)[C@H]1O2)NC1CCCCC1. The van der Waals surface area contributed by atoms with Crippen LogP contribution in [0.2, 0.25) is 0 Å². The number of urea groups is 1. The fraction of sp³-hybridized carbons (Fsp3) is 0.680. The molecule has 4 aliphatic rings. The highest BCUT2D eigenvalue weighted by atomic mass is 16.6. The van der Waals surface area contributed by atoms with Crippen LogP contribution >= 0.6 is 0 Å². The fourth-order valence-corrected chi connectivity index (χ4v) is 5.70. The molecule has 3 amide bonds. The van der Waals surface area contributed by atoms with Gasteiger partial charge in [0, 0.05) is 36.3 Å². The molecule has 1 aromatic rings. The van der Waals surface area contributed by atoms with E-state index in [0.29, 0.717) is 38.4 Å². The van der Waals surface area contributed by atoms with Gasteiger partial charge in [0.25, 0.3) is 0 Å². The van der Waals surface area contributed by atoms with Crippen LogP contribution in [-0.2, 0) is 14.3 Å². The molecule has 0 radical (unpaired) electrons. The summed E-state index contributed by atoms with van der Waals surface area (Å²) in [7, 11) is 0. The van der Waals surface area contributed by atoms with Crippen molar-refractivity contribution in [2.45, 2.75) is 75.2 Å². The molecule has 0 aromatic heterocycles. The van der Waals surface area contributed by atoms with Gasteiger partial charge in [-0.3, -0.25) is 4.79 Å². The van der Waals surface area contributed by atoms with E-state index in [2.05, 4.69) is 10.6 Å². The van der Waals surface area contributed by atoms with Crippen LogP contribution in [-0.4, -0.2) is 79.2 Å². The van der Waals surface area contributed by atoms with Crippen LogP contribution in [0.5, 0.6) is 5.75 Å². The van der Waals surface area contributed by atoms with Gasteiger partial charge < -0.3 is 34.9 Å². The molecule has 3 aliphatic heterocycles. The van der Waals surface area contributed by atoms with Gasteiger partial charge in [-0.05, 0) is 37.5 Å². The van der Waals surface area contributed by atoms with E-state index in [-0.39, 0.29) is 49.1 Å². The molecule has 1 aromatic carbocycles. The first kappa shape index (κ1) is 23.4. The zero-order chi connectivity index (χ0) is 23.5. The summed E-state index contributed by atoms with van der Waals surface area (Å²) < 4.78 is 17.6. The van der Waals surface area contributed by atoms with Gasteiger partial charge in [-0.15, -0.1) is 0 Å². The molecule has 0 unspecified atom stereocenters. The van der Waals surface area contributed by atoms with E-state index in [1.54, 1.807) is 0 Å². The molecule has 1 saturated carbocycles. The normalized spacial score (nSPS) is 29.0. The molecule has 9 nitrogen and oxygen atoms in total. The topological polar surface area (TPSA) is 109 Å². The van der Waals surface area contributed by atoms with E-state index < -0.39 is 6.10 Å². The van der Waals surface area contributed by atoms with E-state index in [0.717, 1.165) is 37.0 Å². The summed E-state index contributed by atoms with van der Waals surface area (Å²) in [6.07, 6.45) is 5.42. The second-order valence-electron chi connectivity index (χ2n) is 9.79. The molecule has 0 spiro atoms. The van der Waals surface area contributed by atoms with E-state index in [4.69, 9.17) is 14.2 Å². The predicted octanol–water partition coefficient (Wildman–Crippen LogP) is 2.38. The van der Waals surface area contributed by atoms with Gasteiger partial charge in [-0.2, -0.15) is 0 Å². The Kier molecular flexibility index (Phi) is 7.22. The number of hydrogen-bond acceptors (Lipinski definition) is 6. The number of fused-ring (bicyclic) bond motifs is 3.